The van der Waals surface area contributed by atoms with Crippen LogP contribution in [0.15, 0.2) is 47.4 Å². The maximum Gasteiger partial charge on any atom is 0.313 e. The molecule has 0 aromatic heterocycles. The Kier molecular flexibility index (Phi) is 6.19. The van der Waals surface area contributed by atoms with Gasteiger partial charge in [-0.15, -0.1) is 0 Å². The number of sulfonamides is 1. The third-order valence-corrected chi connectivity index (χ3v) is 6.46. The quantitative estimate of drug-likeness (QED) is 0.632. The summed E-state index contributed by atoms with van der Waals surface area (Å²) in [6.45, 7) is 1.92. The lowest BCUT2D eigenvalue weighted by molar-refractivity contribution is -0.136. The van der Waals surface area contributed by atoms with Crippen molar-refractivity contribution in [2.24, 2.45) is 0 Å². The highest BCUT2D eigenvalue weighted by Crippen LogP contribution is 2.34. The van der Waals surface area contributed by atoms with Gasteiger partial charge in [0.25, 0.3) is 10.0 Å². The van der Waals surface area contributed by atoms with Crippen LogP contribution in [0.2, 0.25) is 0 Å². The third-order valence-electron chi connectivity index (χ3n) is 4.63. The van der Waals surface area contributed by atoms with Crippen molar-refractivity contribution in [1.82, 2.24) is 5.32 Å². The fourth-order valence-electron chi connectivity index (χ4n) is 3.14. The van der Waals surface area contributed by atoms with Gasteiger partial charge in [0.1, 0.15) is 0 Å². The Bertz CT molecular complexity index is 1020. The lowest BCUT2D eigenvalue weighted by atomic mass is 10.0. The van der Waals surface area contributed by atoms with Gasteiger partial charge in [-0.3, -0.25) is 13.9 Å². The molecule has 0 fully saturated rings. The summed E-state index contributed by atoms with van der Waals surface area (Å²) < 4.78 is 27.7. The summed E-state index contributed by atoms with van der Waals surface area (Å²) in [4.78, 5) is 23.9. The van der Waals surface area contributed by atoms with E-state index in [0.29, 0.717) is 24.3 Å². The second kappa shape index (κ2) is 8.62. The van der Waals surface area contributed by atoms with Crippen LogP contribution in [0.4, 0.5) is 11.4 Å². The number of benzene rings is 2. The molecule has 3 N–H and O–H groups in total. The summed E-state index contributed by atoms with van der Waals surface area (Å²) in [6.07, 6.45) is 1.41. The summed E-state index contributed by atoms with van der Waals surface area (Å²) in [6, 6.07) is 11.6. The number of amides is 2. The zero-order chi connectivity index (χ0) is 21.0. The molecule has 2 amide bonds. The molecular weight excluding hydrogens is 394 g/mol. The van der Waals surface area contributed by atoms with E-state index < -0.39 is 21.8 Å². The number of hydrogen-bond donors (Lipinski definition) is 3. The van der Waals surface area contributed by atoms with Gasteiger partial charge in [0, 0.05) is 18.8 Å². The van der Waals surface area contributed by atoms with E-state index >= 15 is 0 Å². The first-order chi connectivity index (χ1) is 13.8. The van der Waals surface area contributed by atoms with Crippen LogP contribution in [0.1, 0.15) is 17.5 Å². The molecule has 0 saturated heterocycles. The van der Waals surface area contributed by atoms with Crippen molar-refractivity contribution in [2.75, 3.05) is 29.3 Å². The number of anilines is 2. The highest BCUT2D eigenvalue weighted by molar-refractivity contribution is 7.92. The van der Waals surface area contributed by atoms with Gasteiger partial charge in [0.15, 0.2) is 0 Å². The normalized spacial score (nSPS) is 13.5. The zero-order valence-corrected chi connectivity index (χ0v) is 16.8. The van der Waals surface area contributed by atoms with E-state index in [1.807, 2.05) is 6.92 Å². The minimum Gasteiger partial charge on any atom is -0.395 e. The van der Waals surface area contributed by atoms with Gasteiger partial charge in [-0.2, -0.15) is 0 Å². The first-order valence-electron chi connectivity index (χ1n) is 9.25. The number of aliphatic hydroxyl groups is 1. The molecule has 3 rings (SSSR count). The van der Waals surface area contributed by atoms with E-state index in [0.717, 1.165) is 17.5 Å². The average molecular weight is 417 g/mol. The van der Waals surface area contributed by atoms with E-state index in [4.69, 9.17) is 5.11 Å². The molecule has 0 spiro atoms. The molecule has 29 heavy (non-hydrogen) atoms. The number of rotatable bonds is 5. The van der Waals surface area contributed by atoms with Gasteiger partial charge in [-0.25, -0.2) is 8.42 Å². The molecule has 0 bridgehead atoms. The molecule has 8 nitrogen and oxygen atoms in total. The highest BCUT2D eigenvalue weighted by atomic mass is 32.2. The van der Waals surface area contributed by atoms with Crippen LogP contribution < -0.4 is 14.9 Å². The Morgan fingerprint density at radius 2 is 1.83 bits per heavy atom. The summed E-state index contributed by atoms with van der Waals surface area (Å²) in [7, 11) is -3.75. The van der Waals surface area contributed by atoms with Crippen LogP contribution in [-0.4, -0.2) is 45.0 Å². The Hall–Kier alpha value is -2.91. The van der Waals surface area contributed by atoms with Crippen LogP contribution >= 0.6 is 0 Å². The highest BCUT2D eigenvalue weighted by Gasteiger charge is 2.29. The van der Waals surface area contributed by atoms with E-state index in [2.05, 4.69) is 10.6 Å². The van der Waals surface area contributed by atoms with Crippen LogP contribution in [0, 0.1) is 6.92 Å². The minimum absolute atomic E-state index is 0.0288. The van der Waals surface area contributed by atoms with Gasteiger partial charge in [0.05, 0.1) is 17.2 Å². The molecule has 0 radical (unpaired) electrons. The second-order valence-electron chi connectivity index (χ2n) is 6.77. The van der Waals surface area contributed by atoms with E-state index in [1.54, 1.807) is 42.5 Å². The topological polar surface area (TPSA) is 116 Å². The number of fused-ring (bicyclic) bond motifs is 1. The predicted molar refractivity (Wildman–Crippen MR) is 109 cm³/mol. The first kappa shape index (κ1) is 20.8. The standard InChI is InChI=1S/C20H23N3O5S/c1-14-4-8-17(9-5-14)29(27,28)23-11-2-3-15-6-7-16(13-18(15)23)22-20(26)19(25)21-10-12-24/h4-9,13,24H,2-3,10-12H2,1H3,(H,21,25)(H,22,26). The smallest absolute Gasteiger partial charge is 0.313 e. The molecule has 0 saturated carbocycles. The van der Waals surface area contributed by atoms with Crippen molar-refractivity contribution in [3.63, 3.8) is 0 Å². The molecule has 154 valence electrons. The lowest BCUT2D eigenvalue weighted by Crippen LogP contribution is -2.37. The molecule has 9 heteroatoms. The number of nitrogens with one attached hydrogen (secondary N) is 2. The Balaban J connectivity index is 1.88. The number of aliphatic hydroxyl groups excluding tert-OH is 1. The largest absolute Gasteiger partial charge is 0.395 e. The maximum absolute atomic E-state index is 13.2. The van der Waals surface area contributed by atoms with Crippen molar-refractivity contribution in [3.8, 4) is 0 Å². The molecule has 2 aromatic rings. The Labute approximate surface area is 169 Å². The summed E-state index contributed by atoms with van der Waals surface area (Å²) >= 11 is 0. The second-order valence-corrected chi connectivity index (χ2v) is 8.63. The van der Waals surface area contributed by atoms with Crippen molar-refractivity contribution in [2.45, 2.75) is 24.7 Å². The number of carbonyl (C=O) groups is 2. The summed E-state index contributed by atoms with van der Waals surface area (Å²) in [5.41, 5.74) is 2.63. The fourth-order valence-corrected chi connectivity index (χ4v) is 4.68. The van der Waals surface area contributed by atoms with Crippen LogP contribution in [0.25, 0.3) is 0 Å². The van der Waals surface area contributed by atoms with Crippen molar-refractivity contribution in [1.29, 1.82) is 0 Å². The predicted octanol–water partition coefficient (Wildman–Crippen LogP) is 1.18. The van der Waals surface area contributed by atoms with Gasteiger partial charge < -0.3 is 15.7 Å². The third kappa shape index (κ3) is 4.57. The molecule has 0 unspecified atom stereocenters. The molecule has 0 atom stereocenters. The molecule has 1 heterocycles. The van der Waals surface area contributed by atoms with Gasteiger partial charge in [-0.05, 0) is 49.6 Å². The fraction of sp³-hybridized carbons (Fsp3) is 0.300. The summed E-state index contributed by atoms with van der Waals surface area (Å²) in [5.74, 6) is -1.76. The minimum atomic E-state index is -3.75. The van der Waals surface area contributed by atoms with Crippen LogP contribution in [0.5, 0.6) is 0 Å². The monoisotopic (exact) mass is 417 g/mol. The first-order valence-corrected chi connectivity index (χ1v) is 10.7. The number of nitrogens with zero attached hydrogens (tertiary/aromatic N) is 1. The van der Waals surface area contributed by atoms with Crippen LogP contribution in [-0.2, 0) is 26.0 Å². The van der Waals surface area contributed by atoms with E-state index in [1.165, 1.54) is 4.31 Å². The Morgan fingerprint density at radius 1 is 1.10 bits per heavy atom. The summed E-state index contributed by atoms with van der Waals surface area (Å²) in [5, 5.41) is 13.5. The maximum atomic E-state index is 13.2. The van der Waals surface area contributed by atoms with Gasteiger partial charge >= 0.3 is 11.8 Å². The average Bonchev–Trinajstić information content (AvgIpc) is 2.71. The zero-order valence-electron chi connectivity index (χ0n) is 16.0. The van der Waals surface area contributed by atoms with Crippen molar-refractivity contribution < 1.29 is 23.1 Å². The lowest BCUT2D eigenvalue weighted by Gasteiger charge is -2.31. The Morgan fingerprint density at radius 3 is 2.52 bits per heavy atom. The molecule has 0 aliphatic carbocycles. The molecule has 1 aliphatic rings. The number of carbonyl (C=O) groups excluding carboxylic acids is 2. The number of hydrogen-bond acceptors (Lipinski definition) is 5. The van der Waals surface area contributed by atoms with Gasteiger partial charge in [-0.1, -0.05) is 23.8 Å². The van der Waals surface area contributed by atoms with Crippen molar-refractivity contribution in [3.05, 3.63) is 53.6 Å². The SMILES string of the molecule is Cc1ccc(S(=O)(=O)N2CCCc3ccc(NC(=O)C(=O)NCCO)cc32)cc1. The molecule has 1 aliphatic heterocycles. The molecular formula is C20H23N3O5S. The van der Waals surface area contributed by atoms with Crippen molar-refractivity contribution >= 4 is 33.2 Å². The van der Waals surface area contributed by atoms with E-state index in [9.17, 15) is 18.0 Å². The number of aryl methyl sites for hydroxylation is 2. The molecule has 2 aromatic carbocycles. The van der Waals surface area contributed by atoms with E-state index in [-0.39, 0.29) is 18.0 Å². The van der Waals surface area contributed by atoms with Crippen LogP contribution in [0.3, 0.4) is 0 Å². The van der Waals surface area contributed by atoms with Gasteiger partial charge in [0.2, 0.25) is 0 Å².